The molecule has 0 bridgehead atoms. The van der Waals surface area contributed by atoms with Crippen LogP contribution in [0.4, 0.5) is 4.79 Å². The summed E-state index contributed by atoms with van der Waals surface area (Å²) in [5, 5.41) is 9.36. The topological polar surface area (TPSA) is 70.1 Å². The molecule has 1 rings (SSSR count). The number of nitrogens with zero attached hydrogens (tertiary/aromatic N) is 2. The Morgan fingerprint density at radius 1 is 1.55 bits per heavy atom. The predicted octanol–water partition coefficient (Wildman–Crippen LogP) is 1.43. The van der Waals surface area contributed by atoms with Gasteiger partial charge in [-0.15, -0.1) is 6.58 Å². The molecule has 0 aromatic carbocycles. The van der Waals surface area contributed by atoms with E-state index >= 15 is 0 Å². The molecule has 1 aliphatic heterocycles. The highest BCUT2D eigenvalue weighted by atomic mass is 16.5. The highest BCUT2D eigenvalue weighted by molar-refractivity contribution is 5.83. The van der Waals surface area contributed by atoms with Crippen molar-refractivity contribution in [1.82, 2.24) is 9.80 Å². The maximum Gasteiger partial charge on any atom is 0.326 e. The van der Waals surface area contributed by atoms with Crippen LogP contribution in [0.1, 0.15) is 19.8 Å². The average Bonchev–Trinajstić information content (AvgIpc) is 2.42. The Hall–Kier alpha value is -1.56. The van der Waals surface area contributed by atoms with Crippen molar-refractivity contribution in [1.29, 1.82) is 0 Å². The van der Waals surface area contributed by atoms with Crippen LogP contribution in [0.25, 0.3) is 0 Å². The quantitative estimate of drug-likeness (QED) is 0.749. The van der Waals surface area contributed by atoms with Gasteiger partial charge in [0.05, 0.1) is 6.61 Å². The van der Waals surface area contributed by atoms with Crippen molar-refractivity contribution < 1.29 is 19.4 Å². The lowest BCUT2D eigenvalue weighted by atomic mass is 9.91. The van der Waals surface area contributed by atoms with Gasteiger partial charge in [-0.3, -0.25) is 0 Å². The molecule has 0 aromatic heterocycles. The number of carbonyl (C=O) groups is 2. The standard InChI is InChI=1S/C14H24N2O4/c1-4-7-15(9-10-20-3)14(19)16-8-5-6-11(2)12(16)13(17)18/h4,11-12H,1,5-10H2,2-3H3,(H,17,18). The molecule has 1 saturated heterocycles. The number of carbonyl (C=O) groups excluding carboxylic acids is 1. The molecule has 2 unspecified atom stereocenters. The van der Waals surface area contributed by atoms with Gasteiger partial charge in [-0.25, -0.2) is 9.59 Å². The number of amides is 2. The van der Waals surface area contributed by atoms with Crippen LogP contribution in [-0.2, 0) is 9.53 Å². The number of aliphatic carboxylic acids is 1. The van der Waals surface area contributed by atoms with Crippen LogP contribution < -0.4 is 0 Å². The van der Waals surface area contributed by atoms with Crippen molar-refractivity contribution in [3.05, 3.63) is 12.7 Å². The van der Waals surface area contributed by atoms with Crippen LogP contribution in [-0.4, -0.2) is 66.3 Å². The molecule has 1 aliphatic rings. The van der Waals surface area contributed by atoms with Crippen molar-refractivity contribution in [3.63, 3.8) is 0 Å². The van der Waals surface area contributed by atoms with E-state index in [1.807, 2.05) is 6.92 Å². The molecule has 0 aromatic rings. The van der Waals surface area contributed by atoms with Crippen LogP contribution in [0.2, 0.25) is 0 Å². The van der Waals surface area contributed by atoms with E-state index in [9.17, 15) is 14.7 Å². The summed E-state index contributed by atoms with van der Waals surface area (Å²) in [4.78, 5) is 27.0. The molecule has 6 nitrogen and oxygen atoms in total. The number of likely N-dealkylation sites (tertiary alicyclic amines) is 1. The van der Waals surface area contributed by atoms with Gasteiger partial charge in [-0.2, -0.15) is 0 Å². The molecule has 2 amide bonds. The number of urea groups is 1. The lowest BCUT2D eigenvalue weighted by molar-refractivity contribution is -0.145. The minimum Gasteiger partial charge on any atom is -0.480 e. The second-order valence-electron chi connectivity index (χ2n) is 5.11. The zero-order valence-corrected chi connectivity index (χ0v) is 12.2. The van der Waals surface area contributed by atoms with Crippen LogP contribution in [0, 0.1) is 5.92 Å². The van der Waals surface area contributed by atoms with E-state index in [0.717, 1.165) is 12.8 Å². The third kappa shape index (κ3) is 3.96. The fourth-order valence-corrected chi connectivity index (χ4v) is 2.58. The number of carboxylic acids is 1. The molecule has 0 radical (unpaired) electrons. The Balaban J connectivity index is 2.83. The number of carboxylic acid groups (broad SMARTS) is 1. The maximum absolute atomic E-state index is 12.5. The Bertz CT molecular complexity index is 359. The number of rotatable bonds is 6. The molecule has 114 valence electrons. The number of piperidine rings is 1. The Kier molecular flexibility index (Phi) is 6.51. The van der Waals surface area contributed by atoms with E-state index in [0.29, 0.717) is 26.2 Å². The fraction of sp³-hybridized carbons (Fsp3) is 0.714. The first-order valence-corrected chi connectivity index (χ1v) is 6.91. The van der Waals surface area contributed by atoms with Crippen molar-refractivity contribution in [2.75, 3.05) is 33.4 Å². The van der Waals surface area contributed by atoms with Crippen molar-refractivity contribution in [2.24, 2.45) is 5.92 Å². The highest BCUT2D eigenvalue weighted by Gasteiger charge is 2.38. The molecule has 1 fully saturated rings. The molecule has 20 heavy (non-hydrogen) atoms. The summed E-state index contributed by atoms with van der Waals surface area (Å²) >= 11 is 0. The van der Waals surface area contributed by atoms with Gasteiger partial charge in [0.1, 0.15) is 6.04 Å². The first kappa shape index (κ1) is 16.5. The van der Waals surface area contributed by atoms with Crippen molar-refractivity contribution in [2.45, 2.75) is 25.8 Å². The summed E-state index contributed by atoms with van der Waals surface area (Å²) in [5.74, 6) is -0.964. The van der Waals surface area contributed by atoms with E-state index in [1.165, 1.54) is 4.90 Å². The molecule has 0 aliphatic carbocycles. The second kappa shape index (κ2) is 7.89. The summed E-state index contributed by atoms with van der Waals surface area (Å²) in [5.41, 5.74) is 0. The minimum absolute atomic E-state index is 0.0294. The van der Waals surface area contributed by atoms with E-state index in [-0.39, 0.29) is 11.9 Å². The Morgan fingerprint density at radius 3 is 2.80 bits per heavy atom. The van der Waals surface area contributed by atoms with E-state index in [1.54, 1.807) is 18.1 Å². The van der Waals surface area contributed by atoms with Crippen molar-refractivity contribution in [3.8, 4) is 0 Å². The largest absolute Gasteiger partial charge is 0.480 e. The number of methoxy groups -OCH3 is 1. The number of hydrogen-bond donors (Lipinski definition) is 1. The van der Waals surface area contributed by atoms with Crippen molar-refractivity contribution >= 4 is 12.0 Å². The Labute approximate surface area is 120 Å². The highest BCUT2D eigenvalue weighted by Crippen LogP contribution is 2.24. The van der Waals surface area contributed by atoms with Gasteiger partial charge in [0.15, 0.2) is 0 Å². The molecule has 1 heterocycles. The zero-order valence-electron chi connectivity index (χ0n) is 12.2. The smallest absolute Gasteiger partial charge is 0.326 e. The first-order valence-electron chi connectivity index (χ1n) is 6.91. The van der Waals surface area contributed by atoms with Crippen LogP contribution in [0.15, 0.2) is 12.7 Å². The molecule has 1 N–H and O–H groups in total. The van der Waals surface area contributed by atoms with E-state index in [4.69, 9.17) is 4.74 Å². The summed E-state index contributed by atoms with van der Waals surface area (Å²) in [6.45, 7) is 7.24. The molecular weight excluding hydrogens is 260 g/mol. The molecule has 6 heteroatoms. The SMILES string of the molecule is C=CCN(CCOC)C(=O)N1CCCC(C)C1C(=O)O. The third-order valence-corrected chi connectivity index (χ3v) is 3.62. The molecule has 0 saturated carbocycles. The summed E-state index contributed by atoms with van der Waals surface area (Å²) in [6, 6.07) is -0.994. The van der Waals surface area contributed by atoms with Gasteiger partial charge in [0.2, 0.25) is 0 Å². The maximum atomic E-state index is 12.5. The minimum atomic E-state index is -0.934. The summed E-state index contributed by atoms with van der Waals surface area (Å²) in [6.07, 6.45) is 3.31. The predicted molar refractivity (Wildman–Crippen MR) is 75.6 cm³/mol. The van der Waals surface area contributed by atoms with Gasteiger partial charge >= 0.3 is 12.0 Å². The molecule has 0 spiro atoms. The summed E-state index contributed by atoms with van der Waals surface area (Å²) < 4.78 is 4.99. The van der Waals surface area contributed by atoms with Crippen LogP contribution >= 0.6 is 0 Å². The zero-order chi connectivity index (χ0) is 15.1. The second-order valence-corrected chi connectivity index (χ2v) is 5.11. The molecular formula is C14H24N2O4. The lowest BCUT2D eigenvalue weighted by Crippen LogP contribution is -2.56. The van der Waals surface area contributed by atoms with Crippen LogP contribution in [0.5, 0.6) is 0 Å². The monoisotopic (exact) mass is 284 g/mol. The third-order valence-electron chi connectivity index (χ3n) is 3.62. The summed E-state index contributed by atoms with van der Waals surface area (Å²) in [7, 11) is 1.57. The average molecular weight is 284 g/mol. The van der Waals surface area contributed by atoms with Gasteiger partial charge < -0.3 is 19.6 Å². The van der Waals surface area contributed by atoms with Gasteiger partial charge in [0, 0.05) is 26.7 Å². The normalized spacial score (nSPS) is 22.4. The van der Waals surface area contributed by atoms with E-state index < -0.39 is 12.0 Å². The fourth-order valence-electron chi connectivity index (χ4n) is 2.58. The van der Waals surface area contributed by atoms with Gasteiger partial charge in [0.25, 0.3) is 0 Å². The molecule has 2 atom stereocenters. The first-order chi connectivity index (χ1) is 9.52. The van der Waals surface area contributed by atoms with E-state index in [2.05, 4.69) is 6.58 Å². The number of ether oxygens (including phenoxy) is 1. The Morgan fingerprint density at radius 2 is 2.25 bits per heavy atom. The lowest BCUT2D eigenvalue weighted by Gasteiger charge is -2.39. The van der Waals surface area contributed by atoms with Gasteiger partial charge in [-0.1, -0.05) is 13.0 Å². The van der Waals surface area contributed by atoms with Crippen LogP contribution in [0.3, 0.4) is 0 Å². The number of hydrogen-bond acceptors (Lipinski definition) is 3. The van der Waals surface area contributed by atoms with Gasteiger partial charge in [-0.05, 0) is 18.8 Å².